The van der Waals surface area contributed by atoms with Gasteiger partial charge >= 0.3 is 0 Å². The zero-order chi connectivity index (χ0) is 11.0. The molecule has 0 amide bonds. The fraction of sp³-hybridized carbons (Fsp3) is 0.364. The van der Waals surface area contributed by atoms with Crippen molar-refractivity contribution < 1.29 is 4.39 Å². The van der Waals surface area contributed by atoms with E-state index in [1.807, 2.05) is 4.68 Å². The molecule has 2 aromatic heterocycles. The molecule has 5 heteroatoms. The van der Waals surface area contributed by atoms with E-state index in [-0.39, 0.29) is 0 Å². The molecule has 0 atom stereocenters. The Hall–Kier alpha value is -1.78. The first-order chi connectivity index (χ1) is 7.84. The average Bonchev–Trinajstić information content (AvgIpc) is 2.74. The van der Waals surface area contributed by atoms with Crippen LogP contribution in [0.25, 0.3) is 11.4 Å². The molecule has 3 rings (SSSR count). The van der Waals surface area contributed by atoms with Gasteiger partial charge in [-0.15, -0.1) is 0 Å². The molecule has 0 fully saturated rings. The van der Waals surface area contributed by atoms with Gasteiger partial charge < -0.3 is 0 Å². The number of halogens is 1. The van der Waals surface area contributed by atoms with Crippen LogP contribution in [0.4, 0.5) is 4.39 Å². The largest absolute Gasteiger partial charge is 0.269 e. The molecule has 0 aliphatic carbocycles. The van der Waals surface area contributed by atoms with Gasteiger partial charge in [-0.05, 0) is 19.3 Å². The summed E-state index contributed by atoms with van der Waals surface area (Å²) in [5.41, 5.74) is 2.09. The zero-order valence-electron chi connectivity index (χ0n) is 8.73. The Labute approximate surface area is 92.2 Å². The maximum atomic E-state index is 12.7. The summed E-state index contributed by atoms with van der Waals surface area (Å²) >= 11 is 0. The van der Waals surface area contributed by atoms with Crippen molar-refractivity contribution in [3.8, 4) is 11.4 Å². The minimum atomic E-state index is -0.412. The number of aromatic nitrogens is 4. The summed E-state index contributed by atoms with van der Waals surface area (Å²) in [6.45, 7) is 0.955. The highest BCUT2D eigenvalue weighted by Gasteiger charge is 2.17. The van der Waals surface area contributed by atoms with Crippen molar-refractivity contribution in [1.82, 2.24) is 19.7 Å². The van der Waals surface area contributed by atoms with Gasteiger partial charge in [0, 0.05) is 12.2 Å². The van der Waals surface area contributed by atoms with E-state index in [1.54, 1.807) is 6.20 Å². The maximum absolute atomic E-state index is 12.7. The van der Waals surface area contributed by atoms with Crippen LogP contribution in [0.2, 0.25) is 0 Å². The molecule has 3 heterocycles. The van der Waals surface area contributed by atoms with E-state index in [1.165, 1.54) is 25.2 Å². The summed E-state index contributed by atoms with van der Waals surface area (Å²) < 4.78 is 14.7. The second kappa shape index (κ2) is 3.66. The van der Waals surface area contributed by atoms with Crippen LogP contribution in [0.5, 0.6) is 0 Å². The molecule has 0 saturated heterocycles. The maximum Gasteiger partial charge on any atom is 0.162 e. The molecule has 0 aromatic carbocycles. The molecule has 0 unspecified atom stereocenters. The van der Waals surface area contributed by atoms with Gasteiger partial charge in [0.2, 0.25) is 0 Å². The third-order valence-corrected chi connectivity index (χ3v) is 2.84. The highest BCUT2D eigenvalue weighted by Crippen LogP contribution is 2.24. The van der Waals surface area contributed by atoms with Gasteiger partial charge in [0.15, 0.2) is 11.6 Å². The van der Waals surface area contributed by atoms with Gasteiger partial charge in [0.05, 0.1) is 24.2 Å². The Kier molecular flexibility index (Phi) is 2.16. The minimum Gasteiger partial charge on any atom is -0.269 e. The smallest absolute Gasteiger partial charge is 0.162 e. The number of fused-ring (bicyclic) bond motifs is 1. The Bertz CT molecular complexity index is 503. The van der Waals surface area contributed by atoms with Crippen molar-refractivity contribution in [2.75, 3.05) is 0 Å². The van der Waals surface area contributed by atoms with E-state index >= 15 is 0 Å². The van der Waals surface area contributed by atoms with Crippen molar-refractivity contribution in [1.29, 1.82) is 0 Å². The highest BCUT2D eigenvalue weighted by molar-refractivity contribution is 5.57. The summed E-state index contributed by atoms with van der Waals surface area (Å²) in [6.07, 6.45) is 7.48. The second-order valence-corrected chi connectivity index (χ2v) is 3.91. The van der Waals surface area contributed by atoms with Crippen LogP contribution >= 0.6 is 0 Å². The number of aryl methyl sites for hydroxylation is 1. The number of hydrogen-bond acceptors (Lipinski definition) is 3. The third kappa shape index (κ3) is 1.48. The predicted molar refractivity (Wildman–Crippen MR) is 56.1 cm³/mol. The first kappa shape index (κ1) is 9.45. The van der Waals surface area contributed by atoms with Crippen molar-refractivity contribution in [3.05, 3.63) is 30.1 Å². The zero-order valence-corrected chi connectivity index (χ0v) is 8.73. The van der Waals surface area contributed by atoms with Gasteiger partial charge in [-0.25, -0.2) is 14.4 Å². The van der Waals surface area contributed by atoms with Crippen molar-refractivity contribution >= 4 is 0 Å². The Balaban J connectivity index is 2.06. The van der Waals surface area contributed by atoms with E-state index in [2.05, 4.69) is 15.1 Å². The molecule has 0 saturated carbocycles. The first-order valence-corrected chi connectivity index (χ1v) is 5.37. The van der Waals surface area contributed by atoms with Crippen LogP contribution in [0.3, 0.4) is 0 Å². The van der Waals surface area contributed by atoms with E-state index in [4.69, 9.17) is 0 Å². The van der Waals surface area contributed by atoms with Crippen LogP contribution in [0.1, 0.15) is 18.5 Å². The molecular formula is C11H11FN4. The van der Waals surface area contributed by atoms with Gasteiger partial charge in [-0.2, -0.15) is 5.10 Å². The van der Waals surface area contributed by atoms with Crippen LogP contribution in [0, 0.1) is 5.82 Å². The summed E-state index contributed by atoms with van der Waals surface area (Å²) in [6, 6.07) is 0. The molecule has 1 aliphatic rings. The van der Waals surface area contributed by atoms with Crippen molar-refractivity contribution in [2.24, 2.45) is 0 Å². The van der Waals surface area contributed by atoms with Crippen molar-refractivity contribution in [2.45, 2.75) is 25.8 Å². The number of nitrogens with zero attached hydrogens (tertiary/aromatic N) is 4. The lowest BCUT2D eigenvalue weighted by atomic mass is 10.1. The van der Waals surface area contributed by atoms with Crippen LogP contribution in [-0.2, 0) is 13.0 Å². The topological polar surface area (TPSA) is 43.6 Å². The number of rotatable bonds is 1. The summed E-state index contributed by atoms with van der Waals surface area (Å²) in [7, 11) is 0. The standard InChI is InChI=1S/C11H11FN4/c12-8-5-13-11(14-6-8)9-7-15-16-4-2-1-3-10(9)16/h5-7H,1-4H2. The molecule has 0 N–H and O–H groups in total. The van der Waals surface area contributed by atoms with Gasteiger partial charge in [0.25, 0.3) is 0 Å². The van der Waals surface area contributed by atoms with Crippen LogP contribution in [-0.4, -0.2) is 19.7 Å². The lowest BCUT2D eigenvalue weighted by Gasteiger charge is -2.14. The van der Waals surface area contributed by atoms with Crippen LogP contribution < -0.4 is 0 Å². The van der Waals surface area contributed by atoms with E-state index in [0.717, 1.165) is 24.2 Å². The lowest BCUT2D eigenvalue weighted by Crippen LogP contribution is -2.11. The van der Waals surface area contributed by atoms with Crippen LogP contribution in [0.15, 0.2) is 18.6 Å². The fourth-order valence-electron chi connectivity index (χ4n) is 2.06. The molecule has 0 radical (unpaired) electrons. The Morgan fingerprint density at radius 1 is 1.12 bits per heavy atom. The fourth-order valence-corrected chi connectivity index (χ4v) is 2.06. The lowest BCUT2D eigenvalue weighted by molar-refractivity contribution is 0.486. The Morgan fingerprint density at radius 3 is 2.75 bits per heavy atom. The number of hydrogen-bond donors (Lipinski definition) is 0. The highest BCUT2D eigenvalue weighted by atomic mass is 19.1. The van der Waals surface area contributed by atoms with E-state index in [9.17, 15) is 4.39 Å². The minimum absolute atomic E-state index is 0.412. The van der Waals surface area contributed by atoms with E-state index < -0.39 is 5.82 Å². The molecule has 2 aromatic rings. The Morgan fingerprint density at radius 2 is 1.94 bits per heavy atom. The summed E-state index contributed by atoms with van der Waals surface area (Å²) in [4.78, 5) is 7.98. The molecule has 0 spiro atoms. The first-order valence-electron chi connectivity index (χ1n) is 5.37. The monoisotopic (exact) mass is 218 g/mol. The normalized spacial score (nSPS) is 14.8. The molecule has 0 bridgehead atoms. The van der Waals surface area contributed by atoms with Gasteiger partial charge in [-0.1, -0.05) is 0 Å². The SMILES string of the molecule is Fc1cnc(-c2cnn3c2CCCC3)nc1. The molecule has 4 nitrogen and oxygen atoms in total. The van der Waals surface area contributed by atoms with E-state index in [0.29, 0.717) is 5.82 Å². The summed E-state index contributed by atoms with van der Waals surface area (Å²) in [5.74, 6) is 0.148. The molecule has 82 valence electrons. The quantitative estimate of drug-likeness (QED) is 0.733. The second-order valence-electron chi connectivity index (χ2n) is 3.91. The summed E-state index contributed by atoms with van der Waals surface area (Å²) in [5, 5.41) is 4.30. The molecular weight excluding hydrogens is 207 g/mol. The molecule has 16 heavy (non-hydrogen) atoms. The average molecular weight is 218 g/mol. The van der Waals surface area contributed by atoms with Crippen molar-refractivity contribution in [3.63, 3.8) is 0 Å². The van der Waals surface area contributed by atoms with Gasteiger partial charge in [0.1, 0.15) is 0 Å². The molecule has 1 aliphatic heterocycles. The third-order valence-electron chi connectivity index (χ3n) is 2.84. The van der Waals surface area contributed by atoms with Gasteiger partial charge in [-0.3, -0.25) is 4.68 Å². The predicted octanol–water partition coefficient (Wildman–Crippen LogP) is 1.82.